The Labute approximate surface area is 184 Å². The molecule has 2 aromatic rings. The molecule has 0 bridgehead atoms. The van der Waals surface area contributed by atoms with Crippen molar-refractivity contribution < 1.29 is 28.7 Å². The summed E-state index contributed by atoms with van der Waals surface area (Å²) in [5, 5.41) is 0.797. The second kappa shape index (κ2) is 6.70. The molecule has 4 atom stereocenters. The first-order valence-corrected chi connectivity index (χ1v) is 11.0. The molecule has 4 aliphatic rings. The summed E-state index contributed by atoms with van der Waals surface area (Å²) < 4.78 is 11.2. The number of benzene rings is 2. The minimum atomic E-state index is -0.408. The molecule has 8 nitrogen and oxygen atoms in total. The number of amides is 4. The van der Waals surface area contributed by atoms with E-state index >= 15 is 0 Å². The summed E-state index contributed by atoms with van der Waals surface area (Å²) in [6.07, 6.45) is 1.11. The Hall–Kier alpha value is -3.10. The Morgan fingerprint density at radius 2 is 0.938 bits per heavy atom. The van der Waals surface area contributed by atoms with Crippen LogP contribution in [-0.4, -0.2) is 70.9 Å². The van der Waals surface area contributed by atoms with Crippen LogP contribution in [-0.2, 0) is 9.47 Å². The molecular formula is C24H22N2O6. The van der Waals surface area contributed by atoms with Crippen molar-refractivity contribution in [1.29, 1.82) is 0 Å². The average molecular weight is 434 g/mol. The third kappa shape index (κ3) is 2.50. The van der Waals surface area contributed by atoms with E-state index < -0.39 is 23.6 Å². The SMILES string of the molecule is CC1CC(N2C(=O)c3ccc4c5c(ccc(c35)C2=O)C(=O)N(C2COC(C)C2)C4=O)CO1. The summed E-state index contributed by atoms with van der Waals surface area (Å²) in [6.45, 7) is 4.44. The summed E-state index contributed by atoms with van der Waals surface area (Å²) in [5.41, 5.74) is 1.36. The number of hydrogen-bond acceptors (Lipinski definition) is 6. The van der Waals surface area contributed by atoms with Crippen molar-refractivity contribution in [3.05, 3.63) is 46.5 Å². The molecule has 4 heterocycles. The summed E-state index contributed by atoms with van der Waals surface area (Å²) in [4.78, 5) is 56.0. The van der Waals surface area contributed by atoms with E-state index in [1.54, 1.807) is 24.3 Å². The fraction of sp³-hybridized carbons (Fsp3) is 0.417. The van der Waals surface area contributed by atoms with Crippen molar-refractivity contribution in [1.82, 2.24) is 9.80 Å². The van der Waals surface area contributed by atoms with Crippen LogP contribution in [0.1, 0.15) is 68.1 Å². The minimum absolute atomic E-state index is 0.0270. The van der Waals surface area contributed by atoms with Gasteiger partial charge in [-0.3, -0.25) is 29.0 Å². The van der Waals surface area contributed by atoms with E-state index in [2.05, 4.69) is 0 Å². The van der Waals surface area contributed by atoms with E-state index in [-0.39, 0.29) is 24.3 Å². The standard InChI is InChI=1S/C24H22N2O6/c1-11-7-13(9-31-11)25-21(27)15-3-5-17-20-18(6-4-16(19(15)20)22(25)28)24(30)26(23(17)29)14-8-12(2)32-10-14/h3-6,11-14H,7-10H2,1-2H3. The second-order valence-corrected chi connectivity index (χ2v) is 9.10. The molecule has 0 radical (unpaired) electrons. The van der Waals surface area contributed by atoms with Crippen molar-refractivity contribution in [3.63, 3.8) is 0 Å². The van der Waals surface area contributed by atoms with E-state index in [0.717, 1.165) is 0 Å². The van der Waals surface area contributed by atoms with Gasteiger partial charge < -0.3 is 9.47 Å². The maximum Gasteiger partial charge on any atom is 0.261 e. The van der Waals surface area contributed by atoms with E-state index in [1.807, 2.05) is 13.8 Å². The first kappa shape index (κ1) is 19.6. The highest BCUT2D eigenvalue weighted by Crippen LogP contribution is 2.40. The Morgan fingerprint density at radius 1 is 0.625 bits per heavy atom. The molecule has 4 unspecified atom stereocenters. The molecule has 0 saturated carbocycles. The molecule has 0 aliphatic carbocycles. The number of carbonyl (C=O) groups excluding carboxylic acids is 4. The highest BCUT2D eigenvalue weighted by atomic mass is 16.5. The number of imide groups is 2. The molecule has 164 valence electrons. The van der Waals surface area contributed by atoms with Crippen LogP contribution in [0.25, 0.3) is 10.8 Å². The van der Waals surface area contributed by atoms with E-state index in [1.165, 1.54) is 9.80 Å². The summed E-state index contributed by atoms with van der Waals surface area (Å²) in [6, 6.07) is 5.75. The molecule has 6 rings (SSSR count). The van der Waals surface area contributed by atoms with E-state index in [0.29, 0.717) is 59.1 Å². The Morgan fingerprint density at radius 3 is 1.19 bits per heavy atom. The monoisotopic (exact) mass is 434 g/mol. The van der Waals surface area contributed by atoms with Gasteiger partial charge >= 0.3 is 0 Å². The van der Waals surface area contributed by atoms with Crippen LogP contribution in [0.5, 0.6) is 0 Å². The topological polar surface area (TPSA) is 93.2 Å². The zero-order valence-electron chi connectivity index (χ0n) is 17.8. The van der Waals surface area contributed by atoms with Crippen molar-refractivity contribution in [2.75, 3.05) is 13.2 Å². The quantitative estimate of drug-likeness (QED) is 0.674. The number of hydrogen-bond donors (Lipinski definition) is 0. The van der Waals surface area contributed by atoms with Crippen LogP contribution < -0.4 is 0 Å². The maximum absolute atomic E-state index is 13.4. The van der Waals surface area contributed by atoms with Crippen LogP contribution in [0, 0.1) is 0 Å². The molecule has 32 heavy (non-hydrogen) atoms. The van der Waals surface area contributed by atoms with Crippen molar-refractivity contribution in [3.8, 4) is 0 Å². The van der Waals surface area contributed by atoms with E-state index in [4.69, 9.17) is 9.47 Å². The largest absolute Gasteiger partial charge is 0.376 e. The zero-order valence-corrected chi connectivity index (χ0v) is 17.8. The Bertz CT molecular complexity index is 1070. The molecule has 0 aromatic heterocycles. The van der Waals surface area contributed by atoms with Crippen molar-refractivity contribution in [2.24, 2.45) is 0 Å². The third-order valence-corrected chi connectivity index (χ3v) is 7.04. The molecule has 2 fully saturated rings. The smallest absolute Gasteiger partial charge is 0.261 e. The lowest BCUT2D eigenvalue weighted by Gasteiger charge is -2.35. The summed E-state index contributed by atoms with van der Waals surface area (Å²) >= 11 is 0. The predicted octanol–water partition coefficient (Wildman–Crippen LogP) is 2.39. The van der Waals surface area contributed by atoms with Crippen LogP contribution in [0.4, 0.5) is 0 Å². The fourth-order valence-electron chi connectivity index (χ4n) is 5.52. The van der Waals surface area contributed by atoms with Crippen molar-refractivity contribution in [2.45, 2.75) is 51.0 Å². The molecule has 4 amide bonds. The molecule has 2 aromatic carbocycles. The Kier molecular flexibility index (Phi) is 4.10. The lowest BCUT2D eigenvalue weighted by atomic mass is 9.85. The lowest BCUT2D eigenvalue weighted by Crippen LogP contribution is -2.49. The number of carbonyl (C=O) groups is 4. The van der Waals surface area contributed by atoms with Crippen LogP contribution >= 0.6 is 0 Å². The van der Waals surface area contributed by atoms with Crippen LogP contribution in [0.2, 0.25) is 0 Å². The van der Waals surface area contributed by atoms with Crippen molar-refractivity contribution >= 4 is 34.4 Å². The van der Waals surface area contributed by atoms with Gasteiger partial charge in [0.05, 0.1) is 37.5 Å². The minimum Gasteiger partial charge on any atom is -0.376 e. The van der Waals surface area contributed by atoms with Gasteiger partial charge in [0.25, 0.3) is 23.6 Å². The first-order valence-electron chi connectivity index (χ1n) is 11.0. The number of nitrogens with zero attached hydrogens (tertiary/aromatic N) is 2. The molecule has 8 heteroatoms. The molecule has 4 aliphatic heterocycles. The third-order valence-electron chi connectivity index (χ3n) is 7.04. The average Bonchev–Trinajstić information content (AvgIpc) is 3.39. The summed E-state index contributed by atoms with van der Waals surface area (Å²) in [5.74, 6) is -1.63. The normalized spacial score (nSPS) is 29.6. The molecule has 0 spiro atoms. The van der Waals surface area contributed by atoms with Gasteiger partial charge in [0.15, 0.2) is 0 Å². The molecular weight excluding hydrogens is 412 g/mol. The van der Waals surface area contributed by atoms with Gasteiger partial charge in [0.1, 0.15) is 0 Å². The highest BCUT2D eigenvalue weighted by Gasteiger charge is 2.45. The Balaban J connectivity index is 1.50. The zero-order chi connectivity index (χ0) is 22.3. The van der Waals surface area contributed by atoms with Gasteiger partial charge in [-0.05, 0) is 51.0 Å². The molecule has 0 N–H and O–H groups in total. The van der Waals surface area contributed by atoms with Crippen LogP contribution in [0.3, 0.4) is 0 Å². The van der Waals surface area contributed by atoms with Gasteiger partial charge in [-0.15, -0.1) is 0 Å². The highest BCUT2D eigenvalue weighted by molar-refractivity contribution is 6.33. The predicted molar refractivity (Wildman–Crippen MR) is 113 cm³/mol. The summed E-state index contributed by atoms with van der Waals surface area (Å²) in [7, 11) is 0. The van der Waals surface area contributed by atoms with Gasteiger partial charge in [-0.2, -0.15) is 0 Å². The van der Waals surface area contributed by atoms with Gasteiger partial charge in [-0.25, -0.2) is 0 Å². The number of ether oxygens (including phenoxy) is 2. The second-order valence-electron chi connectivity index (χ2n) is 9.10. The van der Waals surface area contributed by atoms with E-state index in [9.17, 15) is 19.2 Å². The van der Waals surface area contributed by atoms with Gasteiger partial charge in [0.2, 0.25) is 0 Å². The number of rotatable bonds is 2. The van der Waals surface area contributed by atoms with Crippen LogP contribution in [0.15, 0.2) is 24.3 Å². The maximum atomic E-state index is 13.4. The lowest BCUT2D eigenvalue weighted by molar-refractivity contribution is 0.0492. The molecule has 2 saturated heterocycles. The fourth-order valence-corrected chi connectivity index (χ4v) is 5.52. The van der Waals surface area contributed by atoms with Gasteiger partial charge in [0, 0.05) is 33.0 Å². The first-order chi connectivity index (χ1) is 15.4. The van der Waals surface area contributed by atoms with Gasteiger partial charge in [-0.1, -0.05) is 0 Å².